The van der Waals surface area contributed by atoms with Crippen LogP contribution in [0.1, 0.15) is 39.4 Å². The van der Waals surface area contributed by atoms with E-state index >= 15 is 0 Å². The number of hydrogen-bond acceptors (Lipinski definition) is 5. The maximum absolute atomic E-state index is 11.4. The number of aromatic nitrogens is 1. The number of rotatable bonds is 6. The molecule has 1 atom stereocenters. The molecule has 0 fully saturated rings. The summed E-state index contributed by atoms with van der Waals surface area (Å²) in [5, 5.41) is 8.03. The topological polar surface area (TPSA) is 63.2 Å². The Morgan fingerprint density at radius 1 is 1.45 bits per heavy atom. The summed E-state index contributed by atoms with van der Waals surface area (Å²) in [4.78, 5) is 15.6. The van der Waals surface area contributed by atoms with Gasteiger partial charge in [0, 0.05) is 24.5 Å². The first-order valence-corrected chi connectivity index (χ1v) is 7.56. The lowest BCUT2D eigenvalue weighted by molar-refractivity contribution is 0.0534. The smallest absolute Gasteiger partial charge is 0.407 e. The highest BCUT2D eigenvalue weighted by Crippen LogP contribution is 2.11. The average molecular weight is 297 g/mol. The third-order valence-corrected chi connectivity index (χ3v) is 2.97. The third-order valence-electron chi connectivity index (χ3n) is 2.37. The number of carbonyl (C=O) groups is 1. The fourth-order valence-corrected chi connectivity index (χ4v) is 2.06. The molecule has 0 bridgehead atoms. The largest absolute Gasteiger partial charge is 0.444 e. The number of amides is 1. The van der Waals surface area contributed by atoms with Gasteiger partial charge in [0.25, 0.3) is 0 Å². The van der Waals surface area contributed by atoms with Crippen LogP contribution in [0.15, 0.2) is 23.0 Å². The number of ether oxygens (including phenoxy) is 1. The van der Waals surface area contributed by atoms with Crippen LogP contribution in [0.2, 0.25) is 0 Å². The predicted molar refractivity (Wildman–Crippen MR) is 81.9 cm³/mol. The molecular formula is C14H23N3O2S. The molecule has 0 aromatic carbocycles. The maximum atomic E-state index is 11.4. The second-order valence-electron chi connectivity index (χ2n) is 5.40. The van der Waals surface area contributed by atoms with Crippen LogP contribution in [0.4, 0.5) is 4.79 Å². The summed E-state index contributed by atoms with van der Waals surface area (Å²) in [6.07, 6.45) is 3.47. The number of nitrogens with one attached hydrogen (secondary N) is 2. The summed E-state index contributed by atoms with van der Waals surface area (Å²) in [5.74, 6) is 0. The van der Waals surface area contributed by atoms with Crippen molar-refractivity contribution in [2.24, 2.45) is 0 Å². The lowest BCUT2D eigenvalue weighted by Gasteiger charge is -2.19. The number of carbonyl (C=O) groups excluding carboxylic acids is 1. The monoisotopic (exact) mass is 297 g/mol. The van der Waals surface area contributed by atoms with Crippen molar-refractivity contribution in [1.82, 2.24) is 15.6 Å². The van der Waals surface area contributed by atoms with E-state index < -0.39 is 11.7 Å². The van der Waals surface area contributed by atoms with Gasteiger partial charge >= 0.3 is 6.09 Å². The molecule has 2 N–H and O–H groups in total. The van der Waals surface area contributed by atoms with Gasteiger partial charge in [-0.25, -0.2) is 9.78 Å². The molecule has 1 heterocycles. The zero-order chi connectivity index (χ0) is 15.0. The first-order chi connectivity index (χ1) is 9.38. The van der Waals surface area contributed by atoms with Crippen LogP contribution in [0.5, 0.6) is 0 Å². The van der Waals surface area contributed by atoms with Crippen molar-refractivity contribution in [3.05, 3.63) is 28.7 Å². The van der Waals surface area contributed by atoms with Gasteiger partial charge < -0.3 is 15.4 Å². The predicted octanol–water partition coefficient (Wildman–Crippen LogP) is 2.87. The SMILES string of the molecule is CC(NC/C=C/CNC(=O)OC(C)(C)C)c1cscn1. The van der Waals surface area contributed by atoms with Gasteiger partial charge in [-0.3, -0.25) is 0 Å². The molecule has 1 unspecified atom stereocenters. The van der Waals surface area contributed by atoms with Crippen molar-refractivity contribution in [3.8, 4) is 0 Å². The first-order valence-electron chi connectivity index (χ1n) is 6.62. The molecule has 0 saturated carbocycles. The lowest BCUT2D eigenvalue weighted by atomic mass is 10.2. The van der Waals surface area contributed by atoms with Crippen LogP contribution in [-0.4, -0.2) is 29.8 Å². The summed E-state index contributed by atoms with van der Waals surface area (Å²) in [5.41, 5.74) is 2.42. The fourth-order valence-electron chi connectivity index (χ4n) is 1.41. The molecule has 0 spiro atoms. The Morgan fingerprint density at radius 2 is 2.15 bits per heavy atom. The molecule has 5 nitrogen and oxygen atoms in total. The molecule has 20 heavy (non-hydrogen) atoms. The Labute approximate surface area is 124 Å². The molecule has 0 aliphatic rings. The second-order valence-corrected chi connectivity index (χ2v) is 6.12. The number of thiazole rings is 1. The van der Waals surface area contributed by atoms with E-state index in [1.165, 1.54) is 0 Å². The molecule has 1 aromatic heterocycles. The summed E-state index contributed by atoms with van der Waals surface area (Å²) in [6, 6.07) is 0.227. The molecule has 6 heteroatoms. The van der Waals surface area contributed by atoms with Crippen molar-refractivity contribution < 1.29 is 9.53 Å². The quantitative estimate of drug-likeness (QED) is 0.793. The Kier molecular flexibility index (Phi) is 6.67. The summed E-state index contributed by atoms with van der Waals surface area (Å²) in [7, 11) is 0. The zero-order valence-corrected chi connectivity index (χ0v) is 13.3. The minimum atomic E-state index is -0.460. The molecule has 0 saturated heterocycles. The Morgan fingerprint density at radius 3 is 2.75 bits per heavy atom. The van der Waals surface area contributed by atoms with Gasteiger partial charge in [-0.15, -0.1) is 11.3 Å². The summed E-state index contributed by atoms with van der Waals surface area (Å²) < 4.78 is 5.12. The Hall–Kier alpha value is -1.40. The van der Waals surface area contributed by atoms with Crippen molar-refractivity contribution in [2.75, 3.05) is 13.1 Å². The van der Waals surface area contributed by atoms with E-state index in [1.807, 2.05) is 43.8 Å². The highest BCUT2D eigenvalue weighted by Gasteiger charge is 2.14. The van der Waals surface area contributed by atoms with Crippen LogP contribution in [0.25, 0.3) is 0 Å². The minimum absolute atomic E-state index is 0.227. The van der Waals surface area contributed by atoms with Crippen LogP contribution in [0, 0.1) is 0 Å². The van der Waals surface area contributed by atoms with Gasteiger partial charge in [-0.05, 0) is 27.7 Å². The van der Waals surface area contributed by atoms with E-state index in [-0.39, 0.29) is 6.04 Å². The number of alkyl carbamates (subject to hydrolysis) is 1. The van der Waals surface area contributed by atoms with Gasteiger partial charge in [0.1, 0.15) is 5.60 Å². The van der Waals surface area contributed by atoms with Gasteiger partial charge in [-0.2, -0.15) is 0 Å². The summed E-state index contributed by atoms with van der Waals surface area (Å²) >= 11 is 1.59. The van der Waals surface area contributed by atoms with E-state index in [0.717, 1.165) is 12.2 Å². The van der Waals surface area contributed by atoms with Crippen LogP contribution >= 0.6 is 11.3 Å². The summed E-state index contributed by atoms with van der Waals surface area (Å²) in [6.45, 7) is 8.78. The van der Waals surface area contributed by atoms with Crippen molar-refractivity contribution in [3.63, 3.8) is 0 Å². The molecule has 112 valence electrons. The minimum Gasteiger partial charge on any atom is -0.444 e. The van der Waals surface area contributed by atoms with E-state index in [9.17, 15) is 4.79 Å². The Balaban J connectivity index is 2.12. The van der Waals surface area contributed by atoms with Crippen LogP contribution < -0.4 is 10.6 Å². The standard InChI is InChI=1S/C14H23N3O2S/c1-11(12-9-20-10-17-12)15-7-5-6-8-16-13(18)19-14(2,3)4/h5-6,9-11,15H,7-8H2,1-4H3,(H,16,18)/b6-5+. The van der Waals surface area contributed by atoms with Gasteiger partial charge in [0.05, 0.1) is 11.2 Å². The van der Waals surface area contributed by atoms with Gasteiger partial charge in [0.15, 0.2) is 0 Å². The first kappa shape index (κ1) is 16.7. The molecule has 0 aliphatic heterocycles. The Bertz CT molecular complexity index is 424. The fraction of sp³-hybridized carbons (Fsp3) is 0.571. The van der Waals surface area contributed by atoms with Crippen LogP contribution in [0.3, 0.4) is 0 Å². The van der Waals surface area contributed by atoms with E-state index in [2.05, 4.69) is 22.5 Å². The third kappa shape index (κ3) is 7.25. The average Bonchev–Trinajstić information content (AvgIpc) is 2.84. The molecule has 0 radical (unpaired) electrons. The molecule has 1 amide bonds. The molecule has 1 aromatic rings. The highest BCUT2D eigenvalue weighted by molar-refractivity contribution is 7.07. The van der Waals surface area contributed by atoms with Crippen molar-refractivity contribution in [2.45, 2.75) is 39.3 Å². The normalized spacial score (nSPS) is 13.4. The van der Waals surface area contributed by atoms with E-state index in [4.69, 9.17) is 4.74 Å². The number of hydrogen-bond donors (Lipinski definition) is 2. The highest BCUT2D eigenvalue weighted by atomic mass is 32.1. The molecular weight excluding hydrogens is 274 g/mol. The maximum Gasteiger partial charge on any atom is 0.407 e. The zero-order valence-electron chi connectivity index (χ0n) is 12.5. The second kappa shape index (κ2) is 8.01. The molecule has 1 rings (SSSR count). The van der Waals surface area contributed by atoms with E-state index in [0.29, 0.717) is 6.54 Å². The van der Waals surface area contributed by atoms with Crippen LogP contribution in [-0.2, 0) is 4.74 Å². The van der Waals surface area contributed by atoms with Crippen molar-refractivity contribution >= 4 is 17.4 Å². The lowest BCUT2D eigenvalue weighted by Crippen LogP contribution is -2.32. The number of nitrogens with zero attached hydrogens (tertiary/aromatic N) is 1. The van der Waals surface area contributed by atoms with Crippen molar-refractivity contribution in [1.29, 1.82) is 0 Å². The molecule has 0 aliphatic carbocycles. The van der Waals surface area contributed by atoms with Gasteiger partial charge in [0.2, 0.25) is 0 Å². The van der Waals surface area contributed by atoms with E-state index in [1.54, 1.807) is 11.3 Å². The van der Waals surface area contributed by atoms with Gasteiger partial charge in [-0.1, -0.05) is 12.2 Å².